The molecule has 3 rings (SSSR count). The van der Waals surface area contributed by atoms with Gasteiger partial charge in [-0.15, -0.1) is 12.4 Å². The van der Waals surface area contributed by atoms with E-state index in [-0.39, 0.29) is 18.3 Å². The number of fused-ring (bicyclic) bond motifs is 3. The standard InChI is InChI=1S/C18H23N5O.ClH/c1-12-14(8-9-17(24)20-11-5-10-19)13(2)23-18(21-12)15-6-3-4-7-16(15)22-23;/h3-4,6-7H,5,8-11,19H2,1-2H3,(H,20,24);1H. The van der Waals surface area contributed by atoms with Crippen molar-refractivity contribution in [2.45, 2.75) is 33.1 Å². The third kappa shape index (κ3) is 3.91. The Bertz CT molecular complexity index is 890. The average Bonchev–Trinajstić information content (AvgIpc) is 2.94. The van der Waals surface area contributed by atoms with Crippen LogP contribution in [0.4, 0.5) is 0 Å². The maximum Gasteiger partial charge on any atom is 0.220 e. The quantitative estimate of drug-likeness (QED) is 0.660. The van der Waals surface area contributed by atoms with E-state index in [0.717, 1.165) is 39.9 Å². The Hall–Kier alpha value is -2.18. The number of aromatic nitrogens is 3. The number of hydrogen-bond donors (Lipinski definition) is 2. The van der Waals surface area contributed by atoms with Crippen molar-refractivity contribution >= 4 is 34.9 Å². The lowest BCUT2D eigenvalue weighted by atomic mass is 10.1. The molecule has 0 saturated carbocycles. The summed E-state index contributed by atoms with van der Waals surface area (Å²) in [7, 11) is 0. The first-order valence-corrected chi connectivity index (χ1v) is 8.32. The molecule has 0 spiro atoms. The van der Waals surface area contributed by atoms with Crippen molar-refractivity contribution in [3.8, 4) is 0 Å². The molecular weight excluding hydrogens is 338 g/mol. The van der Waals surface area contributed by atoms with Crippen LogP contribution >= 0.6 is 12.4 Å². The highest BCUT2D eigenvalue weighted by atomic mass is 35.5. The lowest BCUT2D eigenvalue weighted by Gasteiger charge is -2.11. The number of carbonyl (C=O) groups is 1. The highest BCUT2D eigenvalue weighted by Crippen LogP contribution is 2.22. The third-order valence-electron chi connectivity index (χ3n) is 4.32. The van der Waals surface area contributed by atoms with E-state index in [2.05, 4.69) is 10.4 Å². The van der Waals surface area contributed by atoms with Crippen LogP contribution in [0.2, 0.25) is 0 Å². The smallest absolute Gasteiger partial charge is 0.220 e. The maximum atomic E-state index is 11.9. The maximum absolute atomic E-state index is 11.9. The van der Waals surface area contributed by atoms with Crippen molar-refractivity contribution in [2.24, 2.45) is 5.73 Å². The molecule has 0 aliphatic rings. The van der Waals surface area contributed by atoms with Crippen molar-refractivity contribution in [3.63, 3.8) is 0 Å². The second kappa shape index (κ2) is 8.27. The summed E-state index contributed by atoms with van der Waals surface area (Å²) >= 11 is 0. The van der Waals surface area contributed by atoms with Crippen LogP contribution in [-0.4, -0.2) is 33.6 Å². The molecule has 1 amide bonds. The summed E-state index contributed by atoms with van der Waals surface area (Å²) in [4.78, 5) is 16.7. The van der Waals surface area contributed by atoms with E-state index in [1.807, 2.05) is 42.6 Å². The normalized spacial score (nSPS) is 10.8. The number of benzene rings is 1. The molecular formula is C18H24ClN5O. The molecule has 25 heavy (non-hydrogen) atoms. The molecule has 0 aliphatic heterocycles. The molecule has 0 radical (unpaired) electrons. The van der Waals surface area contributed by atoms with Crippen molar-refractivity contribution in [3.05, 3.63) is 41.2 Å². The summed E-state index contributed by atoms with van der Waals surface area (Å²) < 4.78 is 1.89. The minimum absolute atomic E-state index is 0. The lowest BCUT2D eigenvalue weighted by molar-refractivity contribution is -0.121. The molecule has 0 atom stereocenters. The molecule has 7 heteroatoms. The van der Waals surface area contributed by atoms with Crippen molar-refractivity contribution < 1.29 is 4.79 Å². The summed E-state index contributed by atoms with van der Waals surface area (Å²) in [5.74, 6) is 0.0490. The predicted octanol–water partition coefficient (Wildman–Crippen LogP) is 2.32. The zero-order valence-corrected chi connectivity index (χ0v) is 15.4. The van der Waals surface area contributed by atoms with Gasteiger partial charge in [-0.05, 0) is 50.9 Å². The number of halogens is 1. The van der Waals surface area contributed by atoms with E-state index >= 15 is 0 Å². The average molecular weight is 362 g/mol. The zero-order chi connectivity index (χ0) is 17.1. The SMILES string of the molecule is Cc1nc2c3ccccc3nn2c(C)c1CCC(=O)NCCCN.Cl. The van der Waals surface area contributed by atoms with Gasteiger partial charge in [-0.1, -0.05) is 12.1 Å². The van der Waals surface area contributed by atoms with Crippen LogP contribution in [0.5, 0.6) is 0 Å². The van der Waals surface area contributed by atoms with Gasteiger partial charge in [0.25, 0.3) is 0 Å². The molecule has 3 aromatic rings. The van der Waals surface area contributed by atoms with Crippen LogP contribution in [0.25, 0.3) is 16.6 Å². The Morgan fingerprint density at radius 2 is 2.04 bits per heavy atom. The van der Waals surface area contributed by atoms with Crippen LogP contribution in [0.1, 0.15) is 29.8 Å². The molecule has 2 aromatic heterocycles. The second-order valence-corrected chi connectivity index (χ2v) is 6.01. The summed E-state index contributed by atoms with van der Waals surface area (Å²) in [6.45, 7) is 5.26. The molecule has 0 unspecified atom stereocenters. The minimum Gasteiger partial charge on any atom is -0.356 e. The number of nitrogens with zero attached hydrogens (tertiary/aromatic N) is 3. The summed E-state index contributed by atoms with van der Waals surface area (Å²) in [5.41, 5.74) is 10.3. The minimum atomic E-state index is 0. The monoisotopic (exact) mass is 361 g/mol. The molecule has 0 fully saturated rings. The molecule has 0 bridgehead atoms. The number of nitrogens with one attached hydrogen (secondary N) is 1. The van der Waals surface area contributed by atoms with E-state index in [4.69, 9.17) is 10.7 Å². The fraction of sp³-hybridized carbons (Fsp3) is 0.389. The Kier molecular flexibility index (Phi) is 6.33. The van der Waals surface area contributed by atoms with Gasteiger partial charge in [0, 0.05) is 29.7 Å². The summed E-state index contributed by atoms with van der Waals surface area (Å²) in [6, 6.07) is 8.00. The summed E-state index contributed by atoms with van der Waals surface area (Å²) in [6.07, 6.45) is 1.91. The van der Waals surface area contributed by atoms with Crippen LogP contribution in [0, 0.1) is 13.8 Å². The number of hydrogen-bond acceptors (Lipinski definition) is 4. The molecule has 0 saturated heterocycles. The molecule has 134 valence electrons. The van der Waals surface area contributed by atoms with Gasteiger partial charge in [-0.25, -0.2) is 9.50 Å². The van der Waals surface area contributed by atoms with Crippen LogP contribution in [0.3, 0.4) is 0 Å². The van der Waals surface area contributed by atoms with Crippen molar-refractivity contribution in [2.75, 3.05) is 13.1 Å². The third-order valence-corrected chi connectivity index (χ3v) is 4.32. The second-order valence-electron chi connectivity index (χ2n) is 6.01. The van der Waals surface area contributed by atoms with Crippen LogP contribution in [-0.2, 0) is 11.2 Å². The van der Waals surface area contributed by atoms with Crippen LogP contribution in [0.15, 0.2) is 24.3 Å². The van der Waals surface area contributed by atoms with E-state index < -0.39 is 0 Å². The van der Waals surface area contributed by atoms with E-state index in [0.29, 0.717) is 25.9 Å². The Morgan fingerprint density at radius 1 is 1.28 bits per heavy atom. The van der Waals surface area contributed by atoms with Crippen molar-refractivity contribution in [1.29, 1.82) is 0 Å². The van der Waals surface area contributed by atoms with E-state index in [1.165, 1.54) is 0 Å². The van der Waals surface area contributed by atoms with Crippen molar-refractivity contribution in [1.82, 2.24) is 19.9 Å². The number of rotatable bonds is 6. The van der Waals surface area contributed by atoms with E-state index in [9.17, 15) is 4.79 Å². The Labute approximate surface area is 153 Å². The number of aryl methyl sites for hydroxylation is 2. The van der Waals surface area contributed by atoms with Gasteiger partial charge in [0.1, 0.15) is 0 Å². The van der Waals surface area contributed by atoms with Gasteiger partial charge in [-0.3, -0.25) is 4.79 Å². The Balaban J connectivity index is 0.00000225. The van der Waals surface area contributed by atoms with Gasteiger partial charge in [-0.2, -0.15) is 5.10 Å². The first kappa shape index (κ1) is 19.1. The predicted molar refractivity (Wildman–Crippen MR) is 102 cm³/mol. The molecule has 3 N–H and O–H groups in total. The molecule has 1 aromatic carbocycles. The highest BCUT2D eigenvalue weighted by molar-refractivity contribution is 5.92. The van der Waals surface area contributed by atoms with Gasteiger partial charge in [0.2, 0.25) is 5.91 Å². The van der Waals surface area contributed by atoms with Crippen LogP contribution < -0.4 is 11.1 Å². The van der Waals surface area contributed by atoms with Gasteiger partial charge < -0.3 is 11.1 Å². The van der Waals surface area contributed by atoms with Gasteiger partial charge in [0.05, 0.1) is 5.52 Å². The molecule has 6 nitrogen and oxygen atoms in total. The number of nitrogens with two attached hydrogens (primary N) is 1. The fourth-order valence-corrected chi connectivity index (χ4v) is 3.00. The van der Waals surface area contributed by atoms with Gasteiger partial charge in [0.15, 0.2) is 5.65 Å². The highest BCUT2D eigenvalue weighted by Gasteiger charge is 2.14. The first-order valence-electron chi connectivity index (χ1n) is 8.32. The number of amides is 1. The number of carbonyl (C=O) groups excluding carboxylic acids is 1. The summed E-state index contributed by atoms with van der Waals surface area (Å²) in [5, 5.41) is 8.58. The first-order chi connectivity index (χ1) is 11.6. The topological polar surface area (TPSA) is 85.3 Å². The molecule has 2 heterocycles. The van der Waals surface area contributed by atoms with E-state index in [1.54, 1.807) is 0 Å². The zero-order valence-electron chi connectivity index (χ0n) is 14.6. The molecule has 0 aliphatic carbocycles. The largest absolute Gasteiger partial charge is 0.356 e. The van der Waals surface area contributed by atoms with Gasteiger partial charge >= 0.3 is 0 Å². The fourth-order valence-electron chi connectivity index (χ4n) is 3.00. The Morgan fingerprint density at radius 3 is 2.80 bits per heavy atom. The lowest BCUT2D eigenvalue weighted by Crippen LogP contribution is -2.26.